The number of hydrogen-bond donors (Lipinski definition) is 2. The van der Waals surface area contributed by atoms with Gasteiger partial charge in [-0.1, -0.05) is 38.3 Å². The van der Waals surface area contributed by atoms with Crippen LogP contribution in [-0.4, -0.2) is 62.0 Å². The topological polar surface area (TPSA) is 94.6 Å². The minimum Gasteiger partial charge on any atom is -0.354 e. The number of pyridine rings is 1. The number of anilines is 1. The number of aromatic nitrogens is 1. The summed E-state index contributed by atoms with van der Waals surface area (Å²) in [6.45, 7) is 5.06. The second kappa shape index (κ2) is 13.8. The quantitative estimate of drug-likeness (QED) is 0.252. The molecule has 0 radical (unpaired) electrons. The zero-order valence-corrected chi connectivity index (χ0v) is 27.8. The summed E-state index contributed by atoms with van der Waals surface area (Å²) in [4.78, 5) is 22.9. The molecule has 2 saturated carbocycles. The molecule has 0 bridgehead atoms. The van der Waals surface area contributed by atoms with Crippen LogP contribution >= 0.6 is 0 Å². The number of carbonyl (C=O) groups excluding carboxylic acids is 1. The van der Waals surface area contributed by atoms with Crippen LogP contribution in [0.1, 0.15) is 68.6 Å². The van der Waals surface area contributed by atoms with E-state index < -0.39 is 39.0 Å². The van der Waals surface area contributed by atoms with Crippen molar-refractivity contribution in [3.63, 3.8) is 0 Å². The average molecular weight is 688 g/mol. The summed E-state index contributed by atoms with van der Waals surface area (Å²) < 4.78 is 82.7. The van der Waals surface area contributed by atoms with Gasteiger partial charge in [-0.2, -0.15) is 17.9 Å². The molecule has 0 atom stereocenters. The van der Waals surface area contributed by atoms with Crippen LogP contribution in [0.2, 0.25) is 0 Å². The maximum Gasteiger partial charge on any atom is 0.416 e. The van der Waals surface area contributed by atoms with Gasteiger partial charge in [-0.05, 0) is 85.7 Å². The highest BCUT2D eigenvalue weighted by Crippen LogP contribution is 2.38. The molecule has 2 aromatic carbocycles. The summed E-state index contributed by atoms with van der Waals surface area (Å²) >= 11 is 0. The Kier molecular flexibility index (Phi) is 9.83. The number of hydrogen-bond acceptors (Lipinski definition) is 6. The van der Waals surface area contributed by atoms with Crippen LogP contribution in [0.3, 0.4) is 0 Å². The molecule has 48 heavy (non-hydrogen) atoms. The van der Waals surface area contributed by atoms with Crippen molar-refractivity contribution >= 4 is 21.7 Å². The number of piperazine rings is 1. The van der Waals surface area contributed by atoms with Gasteiger partial charge in [-0.3, -0.25) is 9.69 Å². The molecule has 3 fully saturated rings. The molecule has 3 aromatic rings. The molecule has 3 aliphatic rings. The van der Waals surface area contributed by atoms with Gasteiger partial charge in [0.05, 0.1) is 16.2 Å². The number of amides is 1. The maximum absolute atomic E-state index is 13.8. The average Bonchev–Trinajstić information content (AvgIpc) is 3.86. The molecule has 1 aromatic heterocycles. The smallest absolute Gasteiger partial charge is 0.354 e. The number of alkyl halides is 3. The van der Waals surface area contributed by atoms with Crippen molar-refractivity contribution < 1.29 is 30.8 Å². The molecule has 258 valence electrons. The normalized spacial score (nSPS) is 18.9. The molecule has 2 N–H and O–H groups in total. The van der Waals surface area contributed by atoms with Crippen molar-refractivity contribution in [2.75, 3.05) is 31.1 Å². The van der Waals surface area contributed by atoms with E-state index in [4.69, 9.17) is 4.98 Å². The number of aryl methyl sites for hydroxylation is 1. The van der Waals surface area contributed by atoms with Crippen LogP contribution in [0, 0.1) is 5.82 Å². The molecule has 8 nitrogen and oxygen atoms in total. The fourth-order valence-corrected chi connectivity index (χ4v) is 8.54. The summed E-state index contributed by atoms with van der Waals surface area (Å²) in [6.07, 6.45) is 2.69. The van der Waals surface area contributed by atoms with Crippen LogP contribution in [-0.2, 0) is 34.0 Å². The fraction of sp³-hybridized carbons (Fsp3) is 0.486. The van der Waals surface area contributed by atoms with E-state index >= 15 is 0 Å². The fourth-order valence-electron chi connectivity index (χ4n) is 6.83. The minimum atomic E-state index is -4.46. The first kappa shape index (κ1) is 34.3. The summed E-state index contributed by atoms with van der Waals surface area (Å²) in [6, 6.07) is 12.5. The Bertz CT molecular complexity index is 1730. The molecule has 2 aliphatic carbocycles. The Morgan fingerprint density at radius 2 is 1.65 bits per heavy atom. The lowest BCUT2D eigenvalue weighted by Crippen LogP contribution is -2.51. The first-order valence-electron chi connectivity index (χ1n) is 16.7. The van der Waals surface area contributed by atoms with E-state index in [-0.39, 0.29) is 11.4 Å². The van der Waals surface area contributed by atoms with Gasteiger partial charge >= 0.3 is 6.18 Å². The minimum absolute atomic E-state index is 0.0598. The third kappa shape index (κ3) is 7.68. The monoisotopic (exact) mass is 687 g/mol. The number of sulfonamides is 1. The van der Waals surface area contributed by atoms with Gasteiger partial charge in [0.25, 0.3) is 0 Å². The Morgan fingerprint density at radius 1 is 0.958 bits per heavy atom. The third-order valence-electron chi connectivity index (χ3n) is 9.77. The summed E-state index contributed by atoms with van der Waals surface area (Å²) in [5.74, 6) is -0.352. The Labute approximate surface area is 279 Å². The molecular formula is C35H41F4N5O3S. The molecule has 1 aliphatic heterocycles. The van der Waals surface area contributed by atoms with Gasteiger partial charge in [0.15, 0.2) is 0 Å². The van der Waals surface area contributed by atoms with Gasteiger partial charge in [0.2, 0.25) is 15.9 Å². The van der Waals surface area contributed by atoms with Crippen molar-refractivity contribution in [1.82, 2.24) is 19.9 Å². The number of benzene rings is 2. The van der Waals surface area contributed by atoms with Crippen LogP contribution in [0.15, 0.2) is 59.5 Å². The number of halogens is 4. The van der Waals surface area contributed by atoms with Crippen LogP contribution in [0.5, 0.6) is 0 Å². The summed E-state index contributed by atoms with van der Waals surface area (Å²) in [5.41, 5.74) is -0.0830. The standard InChI is InChI=1S/C35H41F4N5O3S/c1-2-25-22-28(36)12-13-31(25)48(46,47)42-34(14-15-34)33(45)40-23-24-20-30(26-8-10-27(11-9-26)35(37,38)39)41-32(21-24)44-18-16-43(17-19-44)29-6-4-3-5-7-29/h8-13,20-22,29,42H,2-7,14-19,23H2,1H3,(H,40,45). The van der Waals surface area contributed by atoms with Crippen molar-refractivity contribution in [1.29, 1.82) is 0 Å². The Hall–Kier alpha value is -3.55. The zero-order valence-electron chi connectivity index (χ0n) is 27.0. The highest BCUT2D eigenvalue weighted by Gasteiger charge is 2.53. The molecule has 0 spiro atoms. The highest BCUT2D eigenvalue weighted by atomic mass is 32.2. The molecule has 6 rings (SSSR count). The van der Waals surface area contributed by atoms with Gasteiger partial charge < -0.3 is 10.2 Å². The van der Waals surface area contributed by atoms with E-state index in [1.807, 2.05) is 6.07 Å². The van der Waals surface area contributed by atoms with Crippen molar-refractivity contribution in [3.05, 3.63) is 77.1 Å². The van der Waals surface area contributed by atoms with Gasteiger partial charge in [0.1, 0.15) is 17.2 Å². The summed E-state index contributed by atoms with van der Waals surface area (Å²) in [7, 11) is -4.11. The zero-order chi connectivity index (χ0) is 34.1. The van der Waals surface area contributed by atoms with Gasteiger partial charge in [-0.25, -0.2) is 17.8 Å². The van der Waals surface area contributed by atoms with Crippen LogP contribution < -0.4 is 14.9 Å². The van der Waals surface area contributed by atoms with E-state index in [1.54, 1.807) is 13.0 Å². The number of nitrogens with zero attached hydrogens (tertiary/aromatic N) is 3. The summed E-state index contributed by atoms with van der Waals surface area (Å²) in [5, 5.41) is 2.87. The van der Waals surface area contributed by atoms with Gasteiger partial charge in [-0.15, -0.1) is 0 Å². The third-order valence-corrected chi connectivity index (χ3v) is 11.4. The van der Waals surface area contributed by atoms with Crippen LogP contribution in [0.4, 0.5) is 23.4 Å². The molecule has 0 unspecified atom stereocenters. The highest BCUT2D eigenvalue weighted by molar-refractivity contribution is 7.89. The maximum atomic E-state index is 13.8. The Morgan fingerprint density at radius 3 is 2.27 bits per heavy atom. The van der Waals surface area contributed by atoms with Crippen molar-refractivity contribution in [3.8, 4) is 11.3 Å². The van der Waals surface area contributed by atoms with E-state index in [9.17, 15) is 30.8 Å². The van der Waals surface area contributed by atoms with E-state index in [0.717, 1.165) is 44.4 Å². The van der Waals surface area contributed by atoms with E-state index in [0.29, 0.717) is 53.5 Å². The van der Waals surface area contributed by atoms with Gasteiger partial charge in [0, 0.05) is 44.3 Å². The Balaban J connectivity index is 1.20. The lowest BCUT2D eigenvalue weighted by atomic mass is 9.94. The molecular weight excluding hydrogens is 646 g/mol. The van der Waals surface area contributed by atoms with Crippen molar-refractivity contribution in [2.24, 2.45) is 0 Å². The van der Waals surface area contributed by atoms with Crippen LogP contribution in [0.25, 0.3) is 11.3 Å². The first-order chi connectivity index (χ1) is 22.9. The molecule has 13 heteroatoms. The van der Waals surface area contributed by atoms with E-state index in [1.165, 1.54) is 56.4 Å². The lowest BCUT2D eigenvalue weighted by Gasteiger charge is -2.41. The number of nitrogens with one attached hydrogen (secondary N) is 2. The molecule has 1 saturated heterocycles. The second-order valence-electron chi connectivity index (χ2n) is 13.1. The number of rotatable bonds is 10. The lowest BCUT2D eigenvalue weighted by molar-refractivity contribution is -0.137. The predicted molar refractivity (Wildman–Crippen MR) is 175 cm³/mol. The largest absolute Gasteiger partial charge is 0.416 e. The first-order valence-corrected chi connectivity index (χ1v) is 18.1. The predicted octanol–water partition coefficient (Wildman–Crippen LogP) is 6.05. The van der Waals surface area contributed by atoms with E-state index in [2.05, 4.69) is 19.8 Å². The SMILES string of the molecule is CCc1cc(F)ccc1S(=O)(=O)NC1(C(=O)NCc2cc(-c3ccc(C(F)(F)F)cc3)nc(N3CCN(C4CCCCC4)CC3)c2)CC1. The van der Waals surface area contributed by atoms with Crippen molar-refractivity contribution in [2.45, 2.75) is 87.5 Å². The number of carbonyl (C=O) groups is 1. The second-order valence-corrected chi connectivity index (χ2v) is 14.7. The molecule has 2 heterocycles. The molecule has 1 amide bonds.